The van der Waals surface area contributed by atoms with Gasteiger partial charge in [0.1, 0.15) is 18.2 Å². The van der Waals surface area contributed by atoms with Crippen LogP contribution in [0.2, 0.25) is 5.02 Å². The summed E-state index contributed by atoms with van der Waals surface area (Å²) >= 11 is 7.34. The first-order chi connectivity index (χ1) is 14.0. The second-order valence-electron chi connectivity index (χ2n) is 5.94. The second-order valence-corrected chi connectivity index (χ2v) is 7.07. The van der Waals surface area contributed by atoms with E-state index in [0.717, 1.165) is 17.8 Å². The minimum Gasteiger partial charge on any atom is -0.485 e. The number of nitrogens with zero attached hydrogens (tertiary/aromatic N) is 1. The predicted molar refractivity (Wildman–Crippen MR) is 110 cm³/mol. The van der Waals surface area contributed by atoms with E-state index in [9.17, 15) is 14.0 Å². The number of nitrogens with one attached hydrogen (secondary N) is 2. The van der Waals surface area contributed by atoms with Crippen molar-refractivity contribution < 1.29 is 18.7 Å². The molecule has 0 fully saturated rings. The van der Waals surface area contributed by atoms with Crippen LogP contribution >= 0.6 is 22.9 Å². The molecule has 0 saturated carbocycles. The molecule has 0 atom stereocenters. The van der Waals surface area contributed by atoms with Gasteiger partial charge in [-0.05, 0) is 30.3 Å². The van der Waals surface area contributed by atoms with Crippen LogP contribution in [0.3, 0.4) is 0 Å². The van der Waals surface area contributed by atoms with Crippen LogP contribution in [0, 0.1) is 5.82 Å². The number of para-hydroxylation sites is 2. The third-order valence-electron chi connectivity index (χ3n) is 3.83. The summed E-state index contributed by atoms with van der Waals surface area (Å²) in [5.74, 6) is -0.771. The average molecular weight is 434 g/mol. The van der Waals surface area contributed by atoms with Crippen LogP contribution in [0.15, 0.2) is 53.4 Å². The van der Waals surface area contributed by atoms with Crippen LogP contribution in [0.25, 0.3) is 0 Å². The topological polar surface area (TPSA) is 80.3 Å². The van der Waals surface area contributed by atoms with Crippen molar-refractivity contribution in [1.29, 1.82) is 0 Å². The third kappa shape index (κ3) is 6.00. The summed E-state index contributed by atoms with van der Waals surface area (Å²) in [6.45, 7) is 0.394. The minimum absolute atomic E-state index is 0.0122. The van der Waals surface area contributed by atoms with Crippen LogP contribution in [0.4, 0.5) is 10.1 Å². The van der Waals surface area contributed by atoms with Crippen molar-refractivity contribution in [2.24, 2.45) is 0 Å². The first kappa shape index (κ1) is 20.8. The standard InChI is InChI=1S/C20H17ClFN3O3S/c21-16-9-13(22)5-6-15(16)20(27)23-8-7-19(26)25-17-3-1-2-4-18(17)28-10-14-11-29-12-24-14/h1-6,9,11-12H,7-8,10H2,(H,23,27)(H,25,26). The molecule has 2 aromatic carbocycles. The number of hydrogen-bond acceptors (Lipinski definition) is 5. The number of carbonyl (C=O) groups excluding carboxylic acids is 2. The number of ether oxygens (including phenoxy) is 1. The third-order valence-corrected chi connectivity index (χ3v) is 4.78. The van der Waals surface area contributed by atoms with Crippen molar-refractivity contribution >= 4 is 40.4 Å². The van der Waals surface area contributed by atoms with Gasteiger partial charge < -0.3 is 15.4 Å². The highest BCUT2D eigenvalue weighted by molar-refractivity contribution is 7.07. The van der Waals surface area contributed by atoms with Gasteiger partial charge in [0.15, 0.2) is 0 Å². The Hall–Kier alpha value is -2.97. The van der Waals surface area contributed by atoms with Gasteiger partial charge in [-0.2, -0.15) is 0 Å². The number of halogens is 2. The van der Waals surface area contributed by atoms with E-state index in [0.29, 0.717) is 18.0 Å². The number of amides is 2. The Labute approximate surface area is 175 Å². The largest absolute Gasteiger partial charge is 0.485 e. The zero-order chi connectivity index (χ0) is 20.6. The van der Waals surface area contributed by atoms with Crippen molar-refractivity contribution in [1.82, 2.24) is 10.3 Å². The Balaban J connectivity index is 1.50. The zero-order valence-electron chi connectivity index (χ0n) is 15.2. The Morgan fingerprint density at radius 2 is 2.03 bits per heavy atom. The summed E-state index contributed by atoms with van der Waals surface area (Å²) in [6, 6.07) is 10.6. The molecule has 1 heterocycles. The highest BCUT2D eigenvalue weighted by atomic mass is 35.5. The molecule has 0 saturated heterocycles. The first-order valence-corrected chi connectivity index (χ1v) is 9.97. The van der Waals surface area contributed by atoms with Crippen molar-refractivity contribution in [3.05, 3.63) is 75.5 Å². The van der Waals surface area contributed by atoms with E-state index in [1.54, 1.807) is 29.8 Å². The van der Waals surface area contributed by atoms with Gasteiger partial charge in [0.2, 0.25) is 5.91 Å². The molecular formula is C20H17ClFN3O3S. The molecule has 3 aromatic rings. The molecule has 3 rings (SSSR count). The average Bonchev–Trinajstić information content (AvgIpc) is 3.21. The highest BCUT2D eigenvalue weighted by Crippen LogP contribution is 2.25. The summed E-state index contributed by atoms with van der Waals surface area (Å²) in [7, 11) is 0. The zero-order valence-corrected chi connectivity index (χ0v) is 16.7. The lowest BCUT2D eigenvalue weighted by atomic mass is 10.2. The molecule has 0 aliphatic rings. The van der Waals surface area contributed by atoms with Gasteiger partial charge in [0.05, 0.1) is 27.5 Å². The van der Waals surface area contributed by atoms with E-state index in [4.69, 9.17) is 16.3 Å². The Kier molecular flexibility index (Phi) is 7.15. The lowest BCUT2D eigenvalue weighted by molar-refractivity contribution is -0.116. The molecule has 0 spiro atoms. The van der Waals surface area contributed by atoms with Gasteiger partial charge in [-0.1, -0.05) is 23.7 Å². The molecule has 0 aliphatic carbocycles. The molecule has 29 heavy (non-hydrogen) atoms. The number of thiazole rings is 1. The number of carbonyl (C=O) groups is 2. The fraction of sp³-hybridized carbons (Fsp3) is 0.150. The molecule has 6 nitrogen and oxygen atoms in total. The number of rotatable bonds is 8. The monoisotopic (exact) mass is 433 g/mol. The Morgan fingerprint density at radius 1 is 1.21 bits per heavy atom. The molecule has 1 aromatic heterocycles. The van der Waals surface area contributed by atoms with Gasteiger partial charge in [-0.15, -0.1) is 11.3 Å². The fourth-order valence-electron chi connectivity index (χ4n) is 2.43. The lowest BCUT2D eigenvalue weighted by Gasteiger charge is -2.12. The second kappa shape index (κ2) is 9.99. The van der Waals surface area contributed by atoms with E-state index >= 15 is 0 Å². The maximum atomic E-state index is 13.1. The quantitative estimate of drug-likeness (QED) is 0.555. The van der Waals surface area contributed by atoms with E-state index in [-0.39, 0.29) is 29.5 Å². The number of hydrogen-bond donors (Lipinski definition) is 2. The molecule has 150 valence electrons. The van der Waals surface area contributed by atoms with E-state index in [2.05, 4.69) is 15.6 Å². The number of aromatic nitrogens is 1. The summed E-state index contributed by atoms with van der Waals surface area (Å²) in [6.07, 6.45) is 0.0466. The molecule has 9 heteroatoms. The molecular weight excluding hydrogens is 417 g/mol. The van der Waals surface area contributed by atoms with E-state index in [1.165, 1.54) is 17.4 Å². The molecule has 0 bridgehead atoms. The van der Waals surface area contributed by atoms with Gasteiger partial charge in [0, 0.05) is 18.3 Å². The van der Waals surface area contributed by atoms with E-state index in [1.807, 2.05) is 5.38 Å². The minimum atomic E-state index is -0.526. The van der Waals surface area contributed by atoms with Gasteiger partial charge in [0.25, 0.3) is 5.91 Å². The van der Waals surface area contributed by atoms with Gasteiger partial charge in [-0.25, -0.2) is 9.37 Å². The summed E-state index contributed by atoms with van der Waals surface area (Å²) in [5, 5.41) is 7.25. The van der Waals surface area contributed by atoms with Crippen LogP contribution < -0.4 is 15.4 Å². The van der Waals surface area contributed by atoms with Crippen molar-refractivity contribution in [2.45, 2.75) is 13.0 Å². The molecule has 2 N–H and O–H groups in total. The predicted octanol–water partition coefficient (Wildman–Crippen LogP) is 4.27. The fourth-order valence-corrected chi connectivity index (χ4v) is 3.22. The van der Waals surface area contributed by atoms with Gasteiger partial charge in [-0.3, -0.25) is 9.59 Å². The number of anilines is 1. The van der Waals surface area contributed by atoms with Gasteiger partial charge >= 0.3 is 0 Å². The highest BCUT2D eigenvalue weighted by Gasteiger charge is 2.12. The maximum absolute atomic E-state index is 13.1. The van der Waals surface area contributed by atoms with Crippen LogP contribution in [-0.4, -0.2) is 23.3 Å². The molecule has 0 unspecified atom stereocenters. The molecule has 0 aliphatic heterocycles. The number of benzene rings is 2. The van der Waals surface area contributed by atoms with E-state index < -0.39 is 11.7 Å². The SMILES string of the molecule is O=C(CCNC(=O)c1ccc(F)cc1Cl)Nc1ccccc1OCc1cscn1. The Morgan fingerprint density at radius 3 is 2.79 bits per heavy atom. The summed E-state index contributed by atoms with van der Waals surface area (Å²) < 4.78 is 18.8. The van der Waals surface area contributed by atoms with Crippen molar-refractivity contribution in [3.8, 4) is 5.75 Å². The lowest BCUT2D eigenvalue weighted by Crippen LogP contribution is -2.28. The van der Waals surface area contributed by atoms with Crippen molar-refractivity contribution in [3.63, 3.8) is 0 Å². The Bertz CT molecular complexity index is 998. The molecule has 2 amide bonds. The van der Waals surface area contributed by atoms with Crippen LogP contribution in [-0.2, 0) is 11.4 Å². The van der Waals surface area contributed by atoms with Crippen LogP contribution in [0.1, 0.15) is 22.5 Å². The maximum Gasteiger partial charge on any atom is 0.252 e. The first-order valence-electron chi connectivity index (χ1n) is 8.65. The van der Waals surface area contributed by atoms with Crippen LogP contribution in [0.5, 0.6) is 5.75 Å². The summed E-state index contributed by atoms with van der Waals surface area (Å²) in [5.41, 5.74) is 3.20. The molecule has 0 radical (unpaired) electrons. The summed E-state index contributed by atoms with van der Waals surface area (Å²) in [4.78, 5) is 28.5. The normalized spacial score (nSPS) is 10.4. The van der Waals surface area contributed by atoms with Crippen molar-refractivity contribution in [2.75, 3.05) is 11.9 Å². The smallest absolute Gasteiger partial charge is 0.252 e.